The summed E-state index contributed by atoms with van der Waals surface area (Å²) in [5.41, 5.74) is 0.174. The molecule has 108 valence electrons. The minimum Gasteiger partial charge on any atom is -0.317 e. The summed E-state index contributed by atoms with van der Waals surface area (Å²) in [6.45, 7) is 6.50. The zero-order valence-electron chi connectivity index (χ0n) is 11.8. The normalized spacial score (nSPS) is 19.9. The molecule has 1 aliphatic carbocycles. The second-order valence-corrected chi connectivity index (χ2v) is 7.64. The van der Waals surface area contributed by atoms with Gasteiger partial charge < -0.3 is 5.32 Å². The molecule has 1 saturated carbocycles. The Labute approximate surface area is 112 Å². The summed E-state index contributed by atoms with van der Waals surface area (Å²) in [4.78, 5) is 0. The standard InChI is InChI=1S/C13H28N2O2S/c1-3-14-10-7-11-18(16,17)15-12-13(2)8-5-4-6-9-13/h14-15H,3-12H2,1-2H3. The summed E-state index contributed by atoms with van der Waals surface area (Å²) in [7, 11) is -3.09. The zero-order chi connectivity index (χ0) is 13.5. The van der Waals surface area contributed by atoms with Crippen LogP contribution in [-0.2, 0) is 10.0 Å². The molecule has 0 heterocycles. The van der Waals surface area contributed by atoms with Gasteiger partial charge in [0.2, 0.25) is 10.0 Å². The molecule has 0 saturated heterocycles. The van der Waals surface area contributed by atoms with Gasteiger partial charge in [0, 0.05) is 6.54 Å². The van der Waals surface area contributed by atoms with Gasteiger partial charge in [-0.25, -0.2) is 13.1 Å². The quantitative estimate of drug-likeness (QED) is 0.666. The zero-order valence-corrected chi connectivity index (χ0v) is 12.6. The third kappa shape index (κ3) is 6.16. The number of hydrogen-bond acceptors (Lipinski definition) is 3. The SMILES string of the molecule is CCNCCCS(=O)(=O)NCC1(C)CCCCC1. The Bertz CT molecular complexity index is 322. The van der Waals surface area contributed by atoms with Gasteiger partial charge >= 0.3 is 0 Å². The molecule has 18 heavy (non-hydrogen) atoms. The van der Waals surface area contributed by atoms with Gasteiger partial charge in [0.1, 0.15) is 0 Å². The van der Waals surface area contributed by atoms with E-state index in [1.165, 1.54) is 19.3 Å². The third-order valence-corrected chi connectivity index (χ3v) is 5.21. The van der Waals surface area contributed by atoms with Crippen LogP contribution >= 0.6 is 0 Å². The molecule has 4 nitrogen and oxygen atoms in total. The topological polar surface area (TPSA) is 58.2 Å². The van der Waals surface area contributed by atoms with Gasteiger partial charge in [0.25, 0.3) is 0 Å². The average Bonchev–Trinajstić information content (AvgIpc) is 2.34. The Morgan fingerprint density at radius 2 is 1.83 bits per heavy atom. The smallest absolute Gasteiger partial charge is 0.211 e. The van der Waals surface area contributed by atoms with E-state index in [0.717, 1.165) is 25.9 Å². The first-order valence-electron chi connectivity index (χ1n) is 7.15. The van der Waals surface area contributed by atoms with Crippen LogP contribution in [0.3, 0.4) is 0 Å². The second kappa shape index (κ2) is 7.46. The minimum absolute atomic E-state index is 0.174. The first-order valence-corrected chi connectivity index (χ1v) is 8.81. The van der Waals surface area contributed by atoms with Gasteiger partial charge in [-0.15, -0.1) is 0 Å². The highest BCUT2D eigenvalue weighted by Gasteiger charge is 2.28. The Morgan fingerprint density at radius 3 is 2.44 bits per heavy atom. The Kier molecular flexibility index (Phi) is 6.60. The molecule has 0 aromatic carbocycles. The van der Waals surface area contributed by atoms with Crippen LogP contribution in [0.4, 0.5) is 0 Å². The summed E-state index contributed by atoms with van der Waals surface area (Å²) >= 11 is 0. The molecular weight excluding hydrogens is 248 g/mol. The molecule has 1 aliphatic rings. The van der Waals surface area contributed by atoms with E-state index in [1.807, 2.05) is 6.92 Å². The van der Waals surface area contributed by atoms with E-state index < -0.39 is 10.0 Å². The van der Waals surface area contributed by atoms with E-state index in [2.05, 4.69) is 17.0 Å². The van der Waals surface area contributed by atoms with Crippen LogP contribution in [-0.4, -0.2) is 33.8 Å². The predicted octanol–water partition coefficient (Wildman–Crippen LogP) is 1.88. The largest absolute Gasteiger partial charge is 0.317 e. The lowest BCUT2D eigenvalue weighted by Crippen LogP contribution is -2.38. The van der Waals surface area contributed by atoms with Gasteiger partial charge in [-0.2, -0.15) is 0 Å². The van der Waals surface area contributed by atoms with Crippen LogP contribution in [0.1, 0.15) is 52.4 Å². The van der Waals surface area contributed by atoms with E-state index in [9.17, 15) is 8.42 Å². The third-order valence-electron chi connectivity index (χ3n) is 3.80. The first kappa shape index (κ1) is 15.9. The molecule has 0 radical (unpaired) electrons. The molecule has 0 unspecified atom stereocenters. The van der Waals surface area contributed by atoms with E-state index >= 15 is 0 Å². The van der Waals surface area contributed by atoms with Crippen LogP contribution in [0.5, 0.6) is 0 Å². The van der Waals surface area contributed by atoms with E-state index in [0.29, 0.717) is 13.0 Å². The van der Waals surface area contributed by atoms with Gasteiger partial charge in [-0.1, -0.05) is 33.1 Å². The molecule has 0 aromatic rings. The fourth-order valence-corrected chi connectivity index (χ4v) is 3.74. The lowest BCUT2D eigenvalue weighted by Gasteiger charge is -2.33. The molecule has 0 amide bonds. The van der Waals surface area contributed by atoms with Crippen LogP contribution in [0.2, 0.25) is 0 Å². The summed E-state index contributed by atoms with van der Waals surface area (Å²) in [6.07, 6.45) is 6.74. The predicted molar refractivity (Wildman–Crippen MR) is 76.1 cm³/mol. The van der Waals surface area contributed by atoms with E-state index in [1.54, 1.807) is 0 Å². The van der Waals surface area contributed by atoms with Crippen molar-refractivity contribution in [2.45, 2.75) is 52.4 Å². The molecule has 1 fully saturated rings. The van der Waals surface area contributed by atoms with Gasteiger partial charge in [0.15, 0.2) is 0 Å². The highest BCUT2D eigenvalue weighted by Crippen LogP contribution is 2.35. The molecule has 0 spiro atoms. The van der Waals surface area contributed by atoms with E-state index in [4.69, 9.17) is 0 Å². The van der Waals surface area contributed by atoms with Gasteiger partial charge in [-0.3, -0.25) is 0 Å². The number of rotatable bonds is 8. The summed E-state index contributed by atoms with van der Waals surface area (Å²) in [5, 5.41) is 3.14. The van der Waals surface area contributed by atoms with Crippen molar-refractivity contribution >= 4 is 10.0 Å². The van der Waals surface area contributed by atoms with Crippen molar-refractivity contribution in [3.8, 4) is 0 Å². The summed E-state index contributed by atoms with van der Waals surface area (Å²) < 4.78 is 26.5. The van der Waals surface area contributed by atoms with Crippen LogP contribution in [0, 0.1) is 5.41 Å². The molecule has 2 N–H and O–H groups in total. The van der Waals surface area contributed by atoms with Gasteiger partial charge in [-0.05, 0) is 37.8 Å². The fraction of sp³-hybridized carbons (Fsp3) is 1.00. The van der Waals surface area contributed by atoms with Crippen LogP contribution in [0.25, 0.3) is 0 Å². The Hall–Kier alpha value is -0.130. The van der Waals surface area contributed by atoms with Crippen molar-refractivity contribution in [3.63, 3.8) is 0 Å². The van der Waals surface area contributed by atoms with Crippen molar-refractivity contribution in [2.75, 3.05) is 25.4 Å². The second-order valence-electron chi connectivity index (χ2n) is 5.72. The minimum atomic E-state index is -3.09. The molecule has 0 bridgehead atoms. The molecule has 0 atom stereocenters. The monoisotopic (exact) mass is 276 g/mol. The van der Waals surface area contributed by atoms with Crippen molar-refractivity contribution in [3.05, 3.63) is 0 Å². The van der Waals surface area contributed by atoms with Crippen molar-refractivity contribution < 1.29 is 8.42 Å². The molecule has 1 rings (SSSR count). The van der Waals surface area contributed by atoms with Crippen molar-refractivity contribution in [1.82, 2.24) is 10.0 Å². The molecule has 0 aromatic heterocycles. The molecule has 0 aliphatic heterocycles. The molecule has 5 heteroatoms. The Morgan fingerprint density at radius 1 is 1.17 bits per heavy atom. The number of sulfonamides is 1. The Balaban J connectivity index is 2.27. The van der Waals surface area contributed by atoms with Crippen LogP contribution < -0.4 is 10.0 Å². The van der Waals surface area contributed by atoms with Gasteiger partial charge in [0.05, 0.1) is 5.75 Å². The lowest BCUT2D eigenvalue weighted by atomic mass is 9.76. The first-order chi connectivity index (χ1) is 8.47. The van der Waals surface area contributed by atoms with Crippen LogP contribution in [0.15, 0.2) is 0 Å². The van der Waals surface area contributed by atoms with Crippen molar-refractivity contribution in [2.24, 2.45) is 5.41 Å². The number of hydrogen-bond donors (Lipinski definition) is 2. The maximum atomic E-state index is 11.8. The maximum absolute atomic E-state index is 11.8. The average molecular weight is 276 g/mol. The highest BCUT2D eigenvalue weighted by atomic mass is 32.2. The maximum Gasteiger partial charge on any atom is 0.211 e. The summed E-state index contributed by atoms with van der Waals surface area (Å²) in [5.74, 6) is 0.232. The lowest BCUT2D eigenvalue weighted by molar-refractivity contribution is 0.219. The fourth-order valence-electron chi connectivity index (χ4n) is 2.50. The molecular formula is C13H28N2O2S. The van der Waals surface area contributed by atoms with Crippen molar-refractivity contribution in [1.29, 1.82) is 0 Å². The number of nitrogens with one attached hydrogen (secondary N) is 2. The highest BCUT2D eigenvalue weighted by molar-refractivity contribution is 7.89. The summed E-state index contributed by atoms with van der Waals surface area (Å²) in [6, 6.07) is 0. The van der Waals surface area contributed by atoms with E-state index in [-0.39, 0.29) is 11.2 Å².